The van der Waals surface area contributed by atoms with E-state index in [9.17, 15) is 4.79 Å². The first-order chi connectivity index (χ1) is 10.7. The second-order valence-corrected chi connectivity index (χ2v) is 4.68. The molecule has 1 N–H and O–H groups in total. The van der Waals surface area contributed by atoms with Crippen molar-refractivity contribution in [1.82, 2.24) is 25.2 Å². The number of aromatic nitrogens is 5. The van der Waals surface area contributed by atoms with Gasteiger partial charge in [-0.05, 0) is 35.0 Å². The smallest absolute Gasteiger partial charge is 0.338 e. The zero-order valence-electron chi connectivity index (χ0n) is 11.9. The molecule has 3 rings (SSSR count). The summed E-state index contributed by atoms with van der Waals surface area (Å²) in [5.74, 6) is 0.0347. The zero-order chi connectivity index (χ0) is 15.5. The van der Waals surface area contributed by atoms with E-state index in [0.717, 1.165) is 5.56 Å². The number of fused-ring (bicyclic) bond motifs is 1. The number of esters is 1. The van der Waals surface area contributed by atoms with Crippen LogP contribution in [0.4, 0.5) is 5.95 Å². The fourth-order valence-electron chi connectivity index (χ4n) is 2.34. The zero-order valence-corrected chi connectivity index (χ0v) is 11.9. The van der Waals surface area contributed by atoms with Gasteiger partial charge in [-0.3, -0.25) is 4.98 Å². The minimum atomic E-state index is -0.466. The van der Waals surface area contributed by atoms with Crippen molar-refractivity contribution in [3.05, 3.63) is 54.0 Å². The molecule has 0 saturated carbocycles. The van der Waals surface area contributed by atoms with Gasteiger partial charge in [0.25, 0.3) is 0 Å². The molecule has 0 bridgehead atoms. The molecule has 8 nitrogen and oxygen atoms in total. The van der Waals surface area contributed by atoms with Crippen LogP contribution in [0, 0.1) is 0 Å². The van der Waals surface area contributed by atoms with Crippen LogP contribution in [0.15, 0.2) is 48.5 Å². The quantitative estimate of drug-likeness (QED) is 0.666. The average molecular weight is 298 g/mol. The van der Waals surface area contributed by atoms with E-state index in [1.54, 1.807) is 24.0 Å². The van der Waals surface area contributed by atoms with Crippen molar-refractivity contribution in [3.63, 3.8) is 0 Å². The molecule has 0 aliphatic carbocycles. The molecular weight excluding hydrogens is 284 g/mol. The molecule has 1 atom stereocenters. The number of rotatable bonds is 4. The number of hydrogen-bond acceptors (Lipinski definition) is 7. The SMILES string of the molecule is C=CCOC(=O)C1=C(C)Nc2nnnn2C1c1ccncc1. The van der Waals surface area contributed by atoms with Crippen molar-refractivity contribution in [2.75, 3.05) is 11.9 Å². The first kappa shape index (κ1) is 13.9. The summed E-state index contributed by atoms with van der Waals surface area (Å²) in [7, 11) is 0. The van der Waals surface area contributed by atoms with Gasteiger partial charge in [0.15, 0.2) is 0 Å². The Morgan fingerprint density at radius 3 is 3.00 bits per heavy atom. The van der Waals surface area contributed by atoms with Crippen molar-refractivity contribution in [3.8, 4) is 0 Å². The first-order valence-electron chi connectivity index (χ1n) is 6.66. The van der Waals surface area contributed by atoms with Crippen LogP contribution in [0.1, 0.15) is 18.5 Å². The molecule has 2 aromatic rings. The van der Waals surface area contributed by atoms with Gasteiger partial charge in [-0.1, -0.05) is 17.8 Å². The Hall–Kier alpha value is -3.03. The van der Waals surface area contributed by atoms with Crippen molar-refractivity contribution >= 4 is 11.9 Å². The van der Waals surface area contributed by atoms with Crippen LogP contribution in [0.5, 0.6) is 0 Å². The van der Waals surface area contributed by atoms with E-state index < -0.39 is 12.0 Å². The lowest BCUT2D eigenvalue weighted by Gasteiger charge is -2.27. The molecule has 0 amide bonds. The third kappa shape index (κ3) is 2.34. The monoisotopic (exact) mass is 298 g/mol. The summed E-state index contributed by atoms with van der Waals surface area (Å²) in [5, 5.41) is 14.6. The van der Waals surface area contributed by atoms with Gasteiger partial charge in [0.1, 0.15) is 12.6 Å². The van der Waals surface area contributed by atoms with Gasteiger partial charge >= 0.3 is 5.97 Å². The summed E-state index contributed by atoms with van der Waals surface area (Å²) in [6.07, 6.45) is 4.83. The number of nitrogens with zero attached hydrogens (tertiary/aromatic N) is 5. The number of pyridine rings is 1. The molecule has 1 aliphatic rings. The summed E-state index contributed by atoms with van der Waals surface area (Å²) in [5.41, 5.74) is 1.95. The fourth-order valence-corrected chi connectivity index (χ4v) is 2.34. The highest BCUT2D eigenvalue weighted by Gasteiger charge is 2.34. The summed E-state index contributed by atoms with van der Waals surface area (Å²) >= 11 is 0. The highest BCUT2D eigenvalue weighted by molar-refractivity contribution is 5.92. The topological polar surface area (TPSA) is 94.8 Å². The second-order valence-electron chi connectivity index (χ2n) is 4.68. The Kier molecular flexibility index (Phi) is 3.65. The van der Waals surface area contributed by atoms with Crippen molar-refractivity contribution in [1.29, 1.82) is 0 Å². The molecule has 0 radical (unpaired) electrons. The number of allylic oxidation sites excluding steroid dienone is 1. The van der Waals surface area contributed by atoms with Crippen LogP contribution in [-0.4, -0.2) is 37.8 Å². The van der Waals surface area contributed by atoms with Crippen LogP contribution in [0.3, 0.4) is 0 Å². The fraction of sp³-hybridized carbons (Fsp3) is 0.214. The van der Waals surface area contributed by atoms with E-state index in [4.69, 9.17) is 4.74 Å². The molecule has 0 saturated heterocycles. The van der Waals surface area contributed by atoms with Crippen LogP contribution >= 0.6 is 0 Å². The molecule has 112 valence electrons. The number of tetrazole rings is 1. The Morgan fingerprint density at radius 2 is 2.27 bits per heavy atom. The van der Waals surface area contributed by atoms with Crippen LogP contribution in [0.2, 0.25) is 0 Å². The summed E-state index contributed by atoms with van der Waals surface area (Å²) in [4.78, 5) is 16.4. The normalized spacial score (nSPS) is 16.7. The van der Waals surface area contributed by atoms with Crippen LogP contribution in [0.25, 0.3) is 0 Å². The molecule has 0 spiro atoms. The average Bonchev–Trinajstić information content (AvgIpc) is 2.99. The maximum absolute atomic E-state index is 12.4. The Balaban J connectivity index is 2.08. The third-order valence-corrected chi connectivity index (χ3v) is 3.29. The predicted molar refractivity (Wildman–Crippen MR) is 77.7 cm³/mol. The largest absolute Gasteiger partial charge is 0.458 e. The van der Waals surface area contributed by atoms with Gasteiger partial charge in [0, 0.05) is 18.1 Å². The number of ether oxygens (including phenoxy) is 1. The number of carbonyl (C=O) groups is 1. The number of nitrogens with one attached hydrogen (secondary N) is 1. The van der Waals surface area contributed by atoms with Gasteiger partial charge in [-0.2, -0.15) is 4.68 Å². The van der Waals surface area contributed by atoms with Gasteiger partial charge in [0.05, 0.1) is 5.57 Å². The molecule has 1 aliphatic heterocycles. The maximum Gasteiger partial charge on any atom is 0.338 e. The van der Waals surface area contributed by atoms with E-state index in [0.29, 0.717) is 17.2 Å². The van der Waals surface area contributed by atoms with Gasteiger partial charge in [-0.15, -0.1) is 0 Å². The van der Waals surface area contributed by atoms with E-state index >= 15 is 0 Å². The van der Waals surface area contributed by atoms with Crippen molar-refractivity contribution < 1.29 is 9.53 Å². The van der Waals surface area contributed by atoms with E-state index in [1.807, 2.05) is 12.1 Å². The third-order valence-electron chi connectivity index (χ3n) is 3.29. The lowest BCUT2D eigenvalue weighted by molar-refractivity contribution is -0.138. The molecule has 0 fully saturated rings. The number of hydrogen-bond donors (Lipinski definition) is 1. The van der Waals surface area contributed by atoms with Crippen molar-refractivity contribution in [2.45, 2.75) is 13.0 Å². The minimum Gasteiger partial charge on any atom is -0.458 e. The van der Waals surface area contributed by atoms with Gasteiger partial charge in [-0.25, -0.2) is 4.79 Å². The van der Waals surface area contributed by atoms with E-state index in [1.165, 1.54) is 6.08 Å². The molecule has 3 heterocycles. The second kappa shape index (κ2) is 5.76. The Bertz CT molecular complexity index is 737. The molecule has 2 aromatic heterocycles. The summed E-state index contributed by atoms with van der Waals surface area (Å²) in [6.45, 7) is 5.48. The predicted octanol–water partition coefficient (Wildman–Crippen LogP) is 1.09. The minimum absolute atomic E-state index is 0.140. The molecule has 0 aromatic carbocycles. The maximum atomic E-state index is 12.4. The lowest BCUT2D eigenvalue weighted by atomic mass is 9.97. The summed E-state index contributed by atoms with van der Waals surface area (Å²) in [6, 6.07) is 3.16. The molecule has 22 heavy (non-hydrogen) atoms. The van der Waals surface area contributed by atoms with Crippen LogP contribution in [-0.2, 0) is 9.53 Å². The standard InChI is InChI=1S/C14H14N6O2/c1-3-8-22-13(21)11-9(2)16-14-17-18-19-20(14)12(11)10-4-6-15-7-5-10/h3-7,12H,1,8H2,2H3,(H,16,17,19). The molecule has 1 unspecified atom stereocenters. The molecular formula is C14H14N6O2. The Morgan fingerprint density at radius 1 is 1.50 bits per heavy atom. The van der Waals surface area contributed by atoms with Gasteiger partial charge in [0.2, 0.25) is 5.95 Å². The summed E-state index contributed by atoms with van der Waals surface area (Å²) < 4.78 is 6.74. The highest BCUT2D eigenvalue weighted by atomic mass is 16.5. The van der Waals surface area contributed by atoms with E-state index in [2.05, 4.69) is 32.4 Å². The number of carbonyl (C=O) groups excluding carboxylic acids is 1. The van der Waals surface area contributed by atoms with Crippen molar-refractivity contribution in [2.24, 2.45) is 0 Å². The van der Waals surface area contributed by atoms with E-state index in [-0.39, 0.29) is 6.61 Å². The number of anilines is 1. The lowest BCUT2D eigenvalue weighted by Crippen LogP contribution is -2.29. The van der Waals surface area contributed by atoms with Gasteiger partial charge < -0.3 is 10.1 Å². The Labute approximate surface area is 126 Å². The molecule has 8 heteroatoms. The highest BCUT2D eigenvalue weighted by Crippen LogP contribution is 2.34. The first-order valence-corrected chi connectivity index (χ1v) is 6.66. The van der Waals surface area contributed by atoms with Crippen LogP contribution < -0.4 is 5.32 Å².